The number of aliphatic hydroxyl groups excluding tert-OH is 2. The maximum atomic E-state index is 15.0. The second-order valence-corrected chi connectivity index (χ2v) is 20.0. The van der Waals surface area contributed by atoms with E-state index in [1.165, 1.54) is 0 Å². The van der Waals surface area contributed by atoms with E-state index in [0.29, 0.717) is 36.4 Å². The number of benzene rings is 2. The Hall–Kier alpha value is -3.31. The molecule has 2 aromatic carbocycles. The first-order valence-corrected chi connectivity index (χ1v) is 23.0. The number of anilines is 1. The highest BCUT2D eigenvalue weighted by Gasteiger charge is 2.51. The molecule has 6 N–H and O–H groups in total. The average Bonchev–Trinajstić information content (AvgIpc) is 3.63. The molecule has 15 heteroatoms. The quantitative estimate of drug-likeness (QED) is 0.145. The van der Waals surface area contributed by atoms with E-state index in [1.54, 1.807) is 43.2 Å². The summed E-state index contributed by atoms with van der Waals surface area (Å²) in [5.41, 5.74) is 0.0976. The zero-order valence-corrected chi connectivity index (χ0v) is 39.5. The van der Waals surface area contributed by atoms with Crippen molar-refractivity contribution in [3.05, 3.63) is 65.3 Å². The van der Waals surface area contributed by atoms with Gasteiger partial charge in [-0.3, -0.25) is 4.79 Å². The number of amides is 3. The highest BCUT2D eigenvalue weighted by Crippen LogP contribution is 2.42. The molecule has 3 aromatic rings. The van der Waals surface area contributed by atoms with Crippen molar-refractivity contribution in [3.8, 4) is 0 Å². The number of hydrogen-bond donors (Lipinski definition) is 6. The number of likely N-dealkylation sites (N-methyl/N-ethyl adjacent to an activating group) is 1. The van der Waals surface area contributed by atoms with Gasteiger partial charge in [-0.25, -0.2) is 4.79 Å². The zero-order chi connectivity index (χ0) is 46.0. The molecule has 3 saturated heterocycles. The van der Waals surface area contributed by atoms with E-state index in [1.807, 2.05) is 91.0 Å². The molecule has 4 heterocycles. The van der Waals surface area contributed by atoms with E-state index < -0.39 is 71.8 Å². The average molecular weight is 899 g/mol. The molecule has 3 amide bonds. The van der Waals surface area contributed by atoms with Gasteiger partial charge in [0.1, 0.15) is 12.2 Å². The van der Waals surface area contributed by atoms with Crippen LogP contribution >= 0.6 is 11.6 Å². The number of aromatic nitrogens is 1. The molecule has 14 nitrogen and oxygen atoms in total. The van der Waals surface area contributed by atoms with Crippen LogP contribution in [-0.2, 0) is 30.2 Å². The first-order valence-electron chi connectivity index (χ1n) is 22.6. The van der Waals surface area contributed by atoms with Gasteiger partial charge in [0.15, 0.2) is 6.29 Å². The van der Waals surface area contributed by atoms with Crippen LogP contribution in [0.3, 0.4) is 0 Å². The number of methoxy groups -OCH3 is 1. The molecule has 63 heavy (non-hydrogen) atoms. The highest BCUT2D eigenvalue weighted by atomic mass is 35.5. The molecular weight excluding hydrogens is 826 g/mol. The minimum absolute atomic E-state index is 0.170. The van der Waals surface area contributed by atoms with E-state index in [4.69, 9.17) is 30.5 Å². The topological polar surface area (TPSA) is 178 Å². The van der Waals surface area contributed by atoms with Crippen LogP contribution in [0.15, 0.2) is 54.7 Å². The molecule has 1 aromatic heterocycles. The molecule has 350 valence electrons. The number of aliphatic hydroxyl groups is 3. The summed E-state index contributed by atoms with van der Waals surface area (Å²) < 4.78 is 25.6. The van der Waals surface area contributed by atoms with Crippen molar-refractivity contribution in [1.82, 2.24) is 20.1 Å². The number of rotatable bonds is 9. The first-order chi connectivity index (χ1) is 29.7. The first kappa shape index (κ1) is 49.1. The fourth-order valence-electron chi connectivity index (χ4n) is 10.6. The monoisotopic (exact) mass is 898 g/mol. The van der Waals surface area contributed by atoms with Crippen molar-refractivity contribution in [2.24, 2.45) is 23.7 Å². The number of halogens is 1. The van der Waals surface area contributed by atoms with Gasteiger partial charge in [0.25, 0.3) is 0 Å². The lowest BCUT2D eigenvalue weighted by Gasteiger charge is -2.49. The van der Waals surface area contributed by atoms with E-state index in [9.17, 15) is 20.1 Å². The van der Waals surface area contributed by atoms with Gasteiger partial charge >= 0.3 is 6.03 Å². The molecule has 0 aliphatic carbocycles. The van der Waals surface area contributed by atoms with Crippen LogP contribution in [0.1, 0.15) is 79.7 Å². The molecule has 3 fully saturated rings. The second kappa shape index (κ2) is 20.5. The van der Waals surface area contributed by atoms with Gasteiger partial charge in [-0.05, 0) is 121 Å². The molecule has 0 spiro atoms. The maximum absolute atomic E-state index is 15.0. The largest absolute Gasteiger partial charge is 0.387 e. The number of para-hydroxylation sites is 1. The lowest BCUT2D eigenvalue weighted by molar-refractivity contribution is -0.298. The lowest BCUT2D eigenvalue weighted by Crippen LogP contribution is -2.59. The van der Waals surface area contributed by atoms with Crippen molar-refractivity contribution < 1.29 is 43.9 Å². The molecular formula is C48H72ClN5O9. The third kappa shape index (κ3) is 11.6. The number of H-pyrrole nitrogens is 1. The minimum Gasteiger partial charge on any atom is -0.387 e. The molecule has 3 aliphatic rings. The minimum atomic E-state index is -1.54. The molecule has 0 bridgehead atoms. The van der Waals surface area contributed by atoms with Gasteiger partial charge in [-0.15, -0.1) is 0 Å². The summed E-state index contributed by atoms with van der Waals surface area (Å²) in [6.07, 6.45) is -1.16. The zero-order valence-electron chi connectivity index (χ0n) is 38.7. The van der Waals surface area contributed by atoms with Crippen LogP contribution in [0.5, 0.6) is 0 Å². The SMILES string of the molecule is CO[C@]1(C)C[C@H](C[C@H]2[C@H](C)[C@@H](O[C@@H]3O[C@H](C)C[C@H](N(C)C)[C@H]3O)[C@](C)(O)C[C@@H](C)CN(C(=O)Nc3ccc(Cl)cc3)CC(Cc3c[nH]c4ccccc34)NC(=O)[C@@H]2C)O[C@@H](C)[C@@H]1O. The summed E-state index contributed by atoms with van der Waals surface area (Å²) in [6, 6.07) is 13.8. The van der Waals surface area contributed by atoms with Gasteiger partial charge in [0.2, 0.25) is 5.91 Å². The molecule has 3 aliphatic heterocycles. The Balaban J connectivity index is 1.42. The Morgan fingerprint density at radius 3 is 2.40 bits per heavy atom. The Labute approximate surface area is 378 Å². The van der Waals surface area contributed by atoms with Gasteiger partial charge < -0.3 is 59.7 Å². The van der Waals surface area contributed by atoms with Gasteiger partial charge in [-0.1, -0.05) is 50.6 Å². The summed E-state index contributed by atoms with van der Waals surface area (Å²) in [5.74, 6) is -2.11. The number of carbonyl (C=O) groups is 2. The van der Waals surface area contributed by atoms with Crippen molar-refractivity contribution >= 4 is 40.1 Å². The van der Waals surface area contributed by atoms with E-state index in [2.05, 4.69) is 15.6 Å². The normalized spacial score (nSPS) is 37.5. The van der Waals surface area contributed by atoms with Crippen LogP contribution in [0.2, 0.25) is 5.02 Å². The molecule has 1 unspecified atom stereocenters. The third-order valence-electron chi connectivity index (χ3n) is 14.1. The van der Waals surface area contributed by atoms with E-state index in [0.717, 1.165) is 16.5 Å². The van der Waals surface area contributed by atoms with Gasteiger partial charge in [-0.2, -0.15) is 0 Å². The molecule has 0 radical (unpaired) electrons. The number of fused-ring (bicyclic) bond motifs is 1. The summed E-state index contributed by atoms with van der Waals surface area (Å²) in [6.45, 7) is 13.7. The van der Waals surface area contributed by atoms with Crippen molar-refractivity contribution in [3.63, 3.8) is 0 Å². The lowest BCUT2D eigenvalue weighted by atomic mass is 9.70. The summed E-state index contributed by atoms with van der Waals surface area (Å²) in [4.78, 5) is 36.4. The van der Waals surface area contributed by atoms with Crippen LogP contribution < -0.4 is 10.6 Å². The van der Waals surface area contributed by atoms with Gasteiger partial charge in [0.05, 0.1) is 41.7 Å². The summed E-state index contributed by atoms with van der Waals surface area (Å²) in [7, 11) is 5.41. The Kier molecular flexibility index (Phi) is 16.0. The van der Waals surface area contributed by atoms with Crippen LogP contribution in [0, 0.1) is 23.7 Å². The predicted molar refractivity (Wildman–Crippen MR) is 244 cm³/mol. The number of urea groups is 1. The maximum Gasteiger partial charge on any atom is 0.321 e. The second-order valence-electron chi connectivity index (χ2n) is 19.6. The molecule has 0 saturated carbocycles. The molecule has 15 atom stereocenters. The van der Waals surface area contributed by atoms with Crippen molar-refractivity contribution in [2.45, 2.75) is 147 Å². The van der Waals surface area contributed by atoms with E-state index in [-0.39, 0.29) is 49.5 Å². The van der Waals surface area contributed by atoms with Crippen LogP contribution in [0.25, 0.3) is 10.9 Å². The molecule has 6 rings (SSSR count). The summed E-state index contributed by atoms with van der Waals surface area (Å²) in [5, 5.41) is 43.7. The van der Waals surface area contributed by atoms with Crippen LogP contribution in [-0.4, -0.2) is 143 Å². The number of aromatic amines is 1. The van der Waals surface area contributed by atoms with Crippen molar-refractivity contribution in [1.29, 1.82) is 0 Å². The number of hydrogen-bond acceptors (Lipinski definition) is 10. The number of nitrogens with one attached hydrogen (secondary N) is 3. The predicted octanol–water partition coefficient (Wildman–Crippen LogP) is 6.21. The Bertz CT molecular complexity index is 1980. The fraction of sp³-hybridized carbons (Fsp3) is 0.667. The smallest absolute Gasteiger partial charge is 0.321 e. The number of ether oxygens (including phenoxy) is 4. The van der Waals surface area contributed by atoms with Crippen molar-refractivity contribution in [2.75, 3.05) is 39.6 Å². The fourth-order valence-corrected chi connectivity index (χ4v) is 10.8. The van der Waals surface area contributed by atoms with Gasteiger partial charge in [0, 0.05) is 66.4 Å². The number of carbonyl (C=O) groups excluding carboxylic acids is 2. The summed E-state index contributed by atoms with van der Waals surface area (Å²) >= 11 is 6.18. The number of nitrogens with zero attached hydrogens (tertiary/aromatic N) is 2. The highest BCUT2D eigenvalue weighted by molar-refractivity contribution is 6.30. The Morgan fingerprint density at radius 2 is 1.71 bits per heavy atom. The standard InChI is InChI=1S/C48H72ClN5O9/c1-27-22-47(6,59)43(63-45-41(55)40(53(8)9)19-28(2)61-45)29(3)38(21-36-23-48(7,60-10)42(56)31(5)62-36)30(4)44(57)51-35(20-32-24-50-39-14-12-11-13-37(32)39)26-54(25-27)46(58)52-34-17-15-33(49)16-18-34/h11-18,24,27-31,35-36,38,40-43,45,50,55-56,59H,19-23,25-26H2,1-10H3,(H,51,57)(H,52,58)/t27-,28-,29+,30-,31+,35?,36+,38+,40+,41-,42+,43-,45+,47-,48-/m1/s1. The Morgan fingerprint density at radius 1 is 1.02 bits per heavy atom. The van der Waals surface area contributed by atoms with Crippen LogP contribution in [0.4, 0.5) is 10.5 Å². The van der Waals surface area contributed by atoms with E-state index >= 15 is 4.79 Å². The third-order valence-corrected chi connectivity index (χ3v) is 14.3.